The smallest absolute Gasteiger partial charge is 0.454 e. The molecule has 2 aliphatic heterocycles. The van der Waals surface area contributed by atoms with Crippen molar-refractivity contribution in [3.05, 3.63) is 69.7 Å². The molecule has 250 valence electrons. The van der Waals surface area contributed by atoms with Crippen LogP contribution in [0.4, 0.5) is 9.93 Å². The second kappa shape index (κ2) is 13.3. The van der Waals surface area contributed by atoms with Gasteiger partial charge in [0.1, 0.15) is 12.2 Å². The maximum absolute atomic E-state index is 13.6. The van der Waals surface area contributed by atoms with Gasteiger partial charge in [-0.1, -0.05) is 74.4 Å². The summed E-state index contributed by atoms with van der Waals surface area (Å²) in [7, 11) is 0. The molecule has 0 bridgehead atoms. The predicted octanol–water partition coefficient (Wildman–Crippen LogP) is 7.97. The molecule has 9 nitrogen and oxygen atoms in total. The molecular formula is C36H42ClN3O6S. The van der Waals surface area contributed by atoms with E-state index in [0.717, 1.165) is 41.7 Å². The van der Waals surface area contributed by atoms with E-state index >= 15 is 0 Å². The van der Waals surface area contributed by atoms with Gasteiger partial charge in [0.05, 0.1) is 11.5 Å². The Morgan fingerprint density at radius 2 is 1.89 bits per heavy atom. The van der Waals surface area contributed by atoms with Crippen LogP contribution in [0.25, 0.3) is 0 Å². The highest BCUT2D eigenvalue weighted by Gasteiger charge is 2.52. The topological polar surface area (TPSA) is 99.2 Å². The SMILES string of the molecule is CC(C)[C@H]1CC[C@H](C)CC1OC(=O)O[C@@H]1CCN([C@@H](c2cnc(NC(=O)C3(c4ccc5c(c4)OCO5)CC3)s2)c2ccccc2Cl)C1. The lowest BCUT2D eigenvalue weighted by Crippen LogP contribution is -2.37. The van der Waals surface area contributed by atoms with Gasteiger partial charge in [-0.3, -0.25) is 9.69 Å². The van der Waals surface area contributed by atoms with Gasteiger partial charge in [-0.05, 0) is 79.2 Å². The van der Waals surface area contributed by atoms with E-state index in [1.54, 1.807) is 0 Å². The van der Waals surface area contributed by atoms with Gasteiger partial charge in [-0.25, -0.2) is 9.78 Å². The third-order valence-corrected chi connectivity index (χ3v) is 11.6. The third kappa shape index (κ3) is 6.69. The van der Waals surface area contributed by atoms with Gasteiger partial charge in [0.25, 0.3) is 0 Å². The summed E-state index contributed by atoms with van der Waals surface area (Å²) in [5.74, 6) is 2.64. The molecular weight excluding hydrogens is 638 g/mol. The van der Waals surface area contributed by atoms with Crippen molar-refractivity contribution >= 4 is 40.1 Å². The molecule has 1 aromatic heterocycles. The number of nitrogens with zero attached hydrogens (tertiary/aromatic N) is 2. The number of halogens is 1. The summed E-state index contributed by atoms with van der Waals surface area (Å²) in [6.07, 6.45) is 6.16. The maximum Gasteiger partial charge on any atom is 0.508 e. The number of anilines is 1. The highest BCUT2D eigenvalue weighted by Crippen LogP contribution is 2.51. The van der Waals surface area contributed by atoms with E-state index in [1.165, 1.54) is 17.8 Å². The maximum atomic E-state index is 13.6. The first-order chi connectivity index (χ1) is 22.7. The summed E-state index contributed by atoms with van der Waals surface area (Å²) in [5, 5.41) is 4.27. The number of benzene rings is 2. The number of nitrogens with one attached hydrogen (secondary N) is 1. The largest absolute Gasteiger partial charge is 0.508 e. The number of amides is 1. The van der Waals surface area contributed by atoms with Gasteiger partial charge in [0.15, 0.2) is 16.6 Å². The first-order valence-electron chi connectivity index (χ1n) is 16.7. The number of hydrogen-bond donors (Lipinski definition) is 1. The molecule has 2 aromatic carbocycles. The highest BCUT2D eigenvalue weighted by molar-refractivity contribution is 7.15. The molecule has 2 aliphatic carbocycles. The predicted molar refractivity (Wildman–Crippen MR) is 180 cm³/mol. The van der Waals surface area contributed by atoms with E-state index in [1.807, 2.05) is 48.7 Å². The van der Waals surface area contributed by atoms with Crippen LogP contribution < -0.4 is 14.8 Å². The van der Waals surface area contributed by atoms with E-state index in [9.17, 15) is 9.59 Å². The minimum Gasteiger partial charge on any atom is -0.454 e. The molecule has 5 atom stereocenters. The number of hydrogen-bond acceptors (Lipinski definition) is 9. The molecule has 47 heavy (non-hydrogen) atoms. The monoisotopic (exact) mass is 679 g/mol. The number of carbonyl (C=O) groups is 2. The van der Waals surface area contributed by atoms with Crippen molar-refractivity contribution in [1.82, 2.24) is 9.88 Å². The molecule has 1 saturated heterocycles. The van der Waals surface area contributed by atoms with Crippen molar-refractivity contribution in [2.24, 2.45) is 17.8 Å². The van der Waals surface area contributed by atoms with Crippen LogP contribution in [0, 0.1) is 17.8 Å². The van der Waals surface area contributed by atoms with Crippen molar-refractivity contribution in [3.63, 3.8) is 0 Å². The lowest BCUT2D eigenvalue weighted by molar-refractivity contribution is -0.118. The molecule has 1 amide bonds. The Kier molecular flexibility index (Phi) is 9.11. The highest BCUT2D eigenvalue weighted by atomic mass is 35.5. The molecule has 4 aliphatic rings. The van der Waals surface area contributed by atoms with Crippen molar-refractivity contribution in [3.8, 4) is 11.5 Å². The molecule has 3 aromatic rings. The molecule has 7 rings (SSSR count). The van der Waals surface area contributed by atoms with Gasteiger partial charge in [0, 0.05) is 29.2 Å². The summed E-state index contributed by atoms with van der Waals surface area (Å²) in [4.78, 5) is 34.5. The Morgan fingerprint density at radius 3 is 2.68 bits per heavy atom. The molecule has 11 heteroatoms. The Bertz CT molecular complexity index is 1630. The molecule has 0 spiro atoms. The third-order valence-electron chi connectivity index (χ3n) is 10.3. The van der Waals surface area contributed by atoms with Crippen LogP contribution in [0.5, 0.6) is 11.5 Å². The minimum atomic E-state index is -0.603. The Morgan fingerprint density at radius 1 is 1.09 bits per heavy atom. The summed E-state index contributed by atoms with van der Waals surface area (Å²) < 4.78 is 22.9. The van der Waals surface area contributed by atoms with E-state index in [2.05, 4.69) is 36.0 Å². The van der Waals surface area contributed by atoms with Gasteiger partial charge in [-0.2, -0.15) is 0 Å². The normalized spacial score (nSPS) is 25.4. The van der Waals surface area contributed by atoms with Crippen molar-refractivity contribution < 1.29 is 28.5 Å². The fourth-order valence-corrected chi connectivity index (χ4v) is 8.71. The van der Waals surface area contributed by atoms with Gasteiger partial charge < -0.3 is 24.3 Å². The van der Waals surface area contributed by atoms with Gasteiger partial charge in [0.2, 0.25) is 12.7 Å². The quantitative estimate of drug-likeness (QED) is 0.227. The standard InChI is InChI=1S/C36H42ClN3O6S/c1-21(2)25-10-8-22(3)16-29(25)46-35(42)45-24-12-15-40(19-24)32(26-6-4-5-7-27(26)37)31-18-38-34(47-31)39-33(41)36(13-14-36)23-9-11-28-30(17-23)44-20-43-28/h4-7,9,11,17-18,21-22,24-25,29,32H,8,10,12-16,19-20H2,1-3H3,(H,38,39,41)/t22-,24+,25+,29?,32+/m0/s1. The van der Waals surface area contributed by atoms with Crippen LogP contribution in [-0.4, -0.2) is 54.0 Å². The van der Waals surface area contributed by atoms with Crippen molar-refractivity contribution in [2.45, 2.75) is 83.0 Å². The van der Waals surface area contributed by atoms with E-state index < -0.39 is 11.6 Å². The Labute approximate surface area is 284 Å². The minimum absolute atomic E-state index is 0.0771. The number of carbonyl (C=O) groups excluding carboxylic acids is 2. The zero-order valence-electron chi connectivity index (χ0n) is 27.1. The number of fused-ring (bicyclic) bond motifs is 1. The molecule has 1 unspecified atom stereocenters. The average Bonchev–Trinajstić information content (AvgIpc) is 3.32. The second-order valence-electron chi connectivity index (χ2n) is 13.9. The van der Waals surface area contributed by atoms with Crippen LogP contribution in [0.1, 0.15) is 81.3 Å². The Hall–Kier alpha value is -3.34. The number of rotatable bonds is 9. The average molecular weight is 680 g/mol. The second-order valence-corrected chi connectivity index (χ2v) is 15.3. The first-order valence-corrected chi connectivity index (χ1v) is 17.9. The molecule has 2 saturated carbocycles. The van der Waals surface area contributed by atoms with Crippen LogP contribution in [0.2, 0.25) is 5.02 Å². The lowest BCUT2D eigenvalue weighted by atomic mass is 9.75. The summed E-state index contributed by atoms with van der Waals surface area (Å²) in [5.41, 5.74) is 1.26. The van der Waals surface area contributed by atoms with Crippen LogP contribution >= 0.6 is 22.9 Å². The van der Waals surface area contributed by atoms with Crippen LogP contribution in [-0.2, 0) is 19.7 Å². The molecule has 3 heterocycles. The number of likely N-dealkylation sites (tertiary alicyclic amines) is 1. The van der Waals surface area contributed by atoms with Gasteiger partial charge in [-0.15, -0.1) is 0 Å². The summed E-state index contributed by atoms with van der Waals surface area (Å²) in [6, 6.07) is 13.3. The fourth-order valence-electron chi connectivity index (χ4n) is 7.50. The van der Waals surface area contributed by atoms with E-state index in [-0.39, 0.29) is 30.9 Å². The zero-order valence-corrected chi connectivity index (χ0v) is 28.6. The van der Waals surface area contributed by atoms with Crippen molar-refractivity contribution in [2.75, 3.05) is 25.2 Å². The molecule has 1 N–H and O–H groups in total. The Balaban J connectivity index is 1.04. The fraction of sp³-hybridized carbons (Fsp3) is 0.528. The number of thiazole rings is 1. The summed E-state index contributed by atoms with van der Waals surface area (Å²) in [6.45, 7) is 8.06. The number of aromatic nitrogens is 1. The lowest BCUT2D eigenvalue weighted by Gasteiger charge is -2.36. The van der Waals surface area contributed by atoms with Crippen LogP contribution in [0.15, 0.2) is 48.7 Å². The van der Waals surface area contributed by atoms with Crippen molar-refractivity contribution in [1.29, 1.82) is 0 Å². The summed E-state index contributed by atoms with van der Waals surface area (Å²) >= 11 is 8.20. The molecule has 3 fully saturated rings. The van der Waals surface area contributed by atoms with Gasteiger partial charge >= 0.3 is 6.16 Å². The first kappa shape index (κ1) is 32.2. The molecule has 0 radical (unpaired) electrons. The van der Waals surface area contributed by atoms with E-state index in [4.69, 9.17) is 30.5 Å². The number of ether oxygens (including phenoxy) is 4. The zero-order chi connectivity index (χ0) is 32.7. The van der Waals surface area contributed by atoms with E-state index in [0.29, 0.717) is 58.9 Å². The van der Waals surface area contributed by atoms with Crippen LogP contribution in [0.3, 0.4) is 0 Å².